The number of nitrogens with one attached hydrogen (secondary N) is 3. The number of nitrogens with two attached hydrogens (primary N) is 1. The standard InChI is InChI=1S/C7H10N6O/c8-5(1-4-2-9-3-10-4)6-11-7(14)13-12-6/h2-3,5H,1,8H2,(H,9,10)(H2,11,12,13,14)/t5-/m1/s1. The number of nitrogens with zero attached hydrogens (tertiary/aromatic N) is 2. The van der Waals surface area contributed by atoms with E-state index in [0.717, 1.165) is 5.69 Å². The largest absolute Gasteiger partial charge is 0.348 e. The number of hydrogen-bond donors (Lipinski definition) is 4. The maximum absolute atomic E-state index is 10.7. The second-order valence-corrected chi connectivity index (χ2v) is 2.95. The number of aromatic nitrogens is 5. The number of hydrogen-bond acceptors (Lipinski definition) is 4. The number of imidazole rings is 1. The van der Waals surface area contributed by atoms with Crippen molar-refractivity contribution in [2.75, 3.05) is 0 Å². The summed E-state index contributed by atoms with van der Waals surface area (Å²) in [6.07, 6.45) is 3.82. The van der Waals surface area contributed by atoms with Crippen LogP contribution >= 0.6 is 0 Å². The van der Waals surface area contributed by atoms with E-state index in [1.165, 1.54) is 0 Å². The van der Waals surface area contributed by atoms with Crippen LogP contribution in [-0.2, 0) is 6.42 Å². The van der Waals surface area contributed by atoms with E-state index in [4.69, 9.17) is 5.73 Å². The smallest absolute Gasteiger partial charge is 0.340 e. The average Bonchev–Trinajstić information content (AvgIpc) is 2.75. The van der Waals surface area contributed by atoms with Gasteiger partial charge in [-0.15, -0.1) is 0 Å². The van der Waals surface area contributed by atoms with Crippen LogP contribution in [0.3, 0.4) is 0 Å². The molecule has 7 heteroatoms. The summed E-state index contributed by atoms with van der Waals surface area (Å²) in [5.41, 5.74) is 6.36. The van der Waals surface area contributed by atoms with Crippen molar-refractivity contribution in [2.45, 2.75) is 12.5 Å². The molecule has 2 aromatic heterocycles. The highest BCUT2D eigenvalue weighted by molar-refractivity contribution is 5.02. The molecule has 0 aliphatic rings. The molecule has 14 heavy (non-hydrogen) atoms. The number of aromatic amines is 3. The average molecular weight is 194 g/mol. The lowest BCUT2D eigenvalue weighted by Gasteiger charge is -2.04. The lowest BCUT2D eigenvalue weighted by Crippen LogP contribution is -2.16. The zero-order valence-electron chi connectivity index (χ0n) is 7.32. The summed E-state index contributed by atoms with van der Waals surface area (Å²) in [6, 6.07) is -0.339. The van der Waals surface area contributed by atoms with Crippen molar-refractivity contribution in [3.05, 3.63) is 34.5 Å². The minimum atomic E-state index is -0.347. The zero-order valence-corrected chi connectivity index (χ0v) is 7.32. The van der Waals surface area contributed by atoms with Crippen LogP contribution in [0.5, 0.6) is 0 Å². The summed E-state index contributed by atoms with van der Waals surface area (Å²) in [6.45, 7) is 0. The van der Waals surface area contributed by atoms with Crippen LogP contribution < -0.4 is 11.4 Å². The monoisotopic (exact) mass is 194 g/mol. The Balaban J connectivity index is 2.10. The van der Waals surface area contributed by atoms with Crippen LogP contribution in [0.2, 0.25) is 0 Å². The molecule has 0 saturated heterocycles. The van der Waals surface area contributed by atoms with Crippen molar-refractivity contribution >= 4 is 0 Å². The van der Waals surface area contributed by atoms with Crippen LogP contribution in [0.4, 0.5) is 0 Å². The molecule has 74 valence electrons. The maximum atomic E-state index is 10.7. The highest BCUT2D eigenvalue weighted by atomic mass is 16.1. The first kappa shape index (κ1) is 8.70. The quantitative estimate of drug-likeness (QED) is 0.504. The predicted molar refractivity (Wildman–Crippen MR) is 48.4 cm³/mol. The van der Waals surface area contributed by atoms with Gasteiger partial charge in [0.2, 0.25) is 0 Å². The van der Waals surface area contributed by atoms with Crippen molar-refractivity contribution in [3.63, 3.8) is 0 Å². The van der Waals surface area contributed by atoms with Gasteiger partial charge in [0.05, 0.1) is 12.4 Å². The Morgan fingerprint density at radius 3 is 3.00 bits per heavy atom. The Bertz CT molecular complexity index is 441. The van der Waals surface area contributed by atoms with Crippen molar-refractivity contribution in [1.29, 1.82) is 0 Å². The van der Waals surface area contributed by atoms with E-state index >= 15 is 0 Å². The summed E-state index contributed by atoms with van der Waals surface area (Å²) >= 11 is 0. The molecule has 7 nitrogen and oxygen atoms in total. The molecule has 0 fully saturated rings. The second kappa shape index (κ2) is 3.46. The van der Waals surface area contributed by atoms with E-state index in [9.17, 15) is 4.79 Å². The normalized spacial score (nSPS) is 12.9. The molecule has 0 aromatic carbocycles. The molecule has 0 aliphatic heterocycles. The summed E-state index contributed by atoms with van der Waals surface area (Å²) in [5, 5.41) is 6.01. The lowest BCUT2D eigenvalue weighted by molar-refractivity contribution is 0.662. The fraction of sp³-hybridized carbons (Fsp3) is 0.286. The maximum Gasteiger partial charge on any atom is 0.340 e. The molecule has 0 unspecified atom stereocenters. The fourth-order valence-corrected chi connectivity index (χ4v) is 1.19. The van der Waals surface area contributed by atoms with E-state index in [1.54, 1.807) is 12.5 Å². The van der Waals surface area contributed by atoms with Gasteiger partial charge in [0.15, 0.2) is 0 Å². The molecule has 5 N–H and O–H groups in total. The highest BCUT2D eigenvalue weighted by Crippen LogP contribution is 2.07. The van der Waals surface area contributed by atoms with Gasteiger partial charge in [0, 0.05) is 18.3 Å². The van der Waals surface area contributed by atoms with Gasteiger partial charge in [0.25, 0.3) is 0 Å². The van der Waals surface area contributed by atoms with Gasteiger partial charge in [-0.1, -0.05) is 0 Å². The molecule has 0 saturated carbocycles. The van der Waals surface area contributed by atoms with Crippen molar-refractivity contribution in [3.8, 4) is 0 Å². The Labute approximate surface area is 78.8 Å². The van der Waals surface area contributed by atoms with Crippen LogP contribution in [0.15, 0.2) is 17.3 Å². The first-order valence-electron chi connectivity index (χ1n) is 4.13. The third-order valence-corrected chi connectivity index (χ3v) is 1.87. The van der Waals surface area contributed by atoms with Gasteiger partial charge in [0.1, 0.15) is 5.82 Å². The van der Waals surface area contributed by atoms with Crippen LogP contribution in [0, 0.1) is 0 Å². The first-order chi connectivity index (χ1) is 6.75. The van der Waals surface area contributed by atoms with Crippen LogP contribution in [0.25, 0.3) is 0 Å². The molecule has 0 spiro atoms. The molecule has 2 aromatic rings. The van der Waals surface area contributed by atoms with Gasteiger partial charge < -0.3 is 10.7 Å². The van der Waals surface area contributed by atoms with E-state index in [2.05, 4.69) is 25.1 Å². The van der Waals surface area contributed by atoms with Gasteiger partial charge >= 0.3 is 5.69 Å². The molecule has 1 atom stereocenters. The summed E-state index contributed by atoms with van der Waals surface area (Å²) < 4.78 is 0. The Kier molecular flexibility index (Phi) is 2.15. The van der Waals surface area contributed by atoms with Gasteiger partial charge in [-0.05, 0) is 0 Å². The van der Waals surface area contributed by atoms with Crippen molar-refractivity contribution in [1.82, 2.24) is 25.1 Å². The topological polar surface area (TPSA) is 116 Å². The van der Waals surface area contributed by atoms with Crippen molar-refractivity contribution < 1.29 is 0 Å². The van der Waals surface area contributed by atoms with Gasteiger partial charge in [-0.25, -0.2) is 14.9 Å². The predicted octanol–water partition coefficient (Wildman–Crippen LogP) is -0.936. The first-order valence-corrected chi connectivity index (χ1v) is 4.13. The van der Waals surface area contributed by atoms with E-state index < -0.39 is 0 Å². The van der Waals surface area contributed by atoms with E-state index in [0.29, 0.717) is 12.2 Å². The molecular weight excluding hydrogens is 184 g/mol. The highest BCUT2D eigenvalue weighted by Gasteiger charge is 2.11. The molecule has 0 radical (unpaired) electrons. The van der Waals surface area contributed by atoms with Crippen LogP contribution in [0.1, 0.15) is 17.6 Å². The van der Waals surface area contributed by atoms with Crippen molar-refractivity contribution in [2.24, 2.45) is 5.73 Å². The van der Waals surface area contributed by atoms with Gasteiger partial charge in [-0.2, -0.15) is 5.10 Å². The molecule has 0 bridgehead atoms. The zero-order chi connectivity index (χ0) is 9.97. The minimum absolute atomic E-state index is 0.339. The summed E-state index contributed by atoms with van der Waals surface area (Å²) in [7, 11) is 0. The summed E-state index contributed by atoms with van der Waals surface area (Å²) in [4.78, 5) is 20.0. The molecule has 0 amide bonds. The lowest BCUT2D eigenvalue weighted by atomic mass is 10.2. The van der Waals surface area contributed by atoms with Crippen LogP contribution in [-0.4, -0.2) is 25.1 Å². The van der Waals surface area contributed by atoms with Gasteiger partial charge in [-0.3, -0.25) is 4.98 Å². The molecule has 0 aliphatic carbocycles. The molecule has 2 heterocycles. The number of H-pyrrole nitrogens is 3. The summed E-state index contributed by atoms with van der Waals surface area (Å²) in [5.74, 6) is 0.449. The fourth-order valence-electron chi connectivity index (χ4n) is 1.19. The third kappa shape index (κ3) is 1.72. The minimum Gasteiger partial charge on any atom is -0.348 e. The third-order valence-electron chi connectivity index (χ3n) is 1.87. The molecule has 2 rings (SSSR count). The number of rotatable bonds is 3. The Morgan fingerprint density at radius 1 is 1.57 bits per heavy atom. The Hall–Kier alpha value is -1.89. The Morgan fingerprint density at radius 2 is 2.43 bits per heavy atom. The SMILES string of the molecule is N[C@H](Cc1cnc[nH]1)c1n[nH]c(=O)[nH]1. The van der Waals surface area contributed by atoms with E-state index in [1.807, 2.05) is 0 Å². The van der Waals surface area contributed by atoms with E-state index in [-0.39, 0.29) is 11.7 Å². The second-order valence-electron chi connectivity index (χ2n) is 2.95. The molecular formula is C7H10N6O.